The van der Waals surface area contributed by atoms with E-state index < -0.39 is 0 Å². The van der Waals surface area contributed by atoms with E-state index in [1.165, 1.54) is 11.8 Å². The third-order valence-electron chi connectivity index (χ3n) is 2.38. The van der Waals surface area contributed by atoms with Crippen LogP contribution in [0.4, 0.5) is 0 Å². The lowest BCUT2D eigenvalue weighted by molar-refractivity contribution is 0.104. The predicted octanol–water partition coefficient (Wildman–Crippen LogP) is 4.17. The quantitative estimate of drug-likeness (QED) is 0.784. The number of rotatable bonds is 3. The summed E-state index contributed by atoms with van der Waals surface area (Å²) >= 11 is 4.86. The van der Waals surface area contributed by atoms with Crippen LogP contribution in [0.5, 0.6) is 5.75 Å². The maximum Gasteiger partial charge on any atom is 0.200 e. The van der Waals surface area contributed by atoms with Crippen molar-refractivity contribution in [2.45, 2.75) is 6.42 Å². The molecule has 0 saturated carbocycles. The fourth-order valence-electron chi connectivity index (χ4n) is 1.49. The van der Waals surface area contributed by atoms with Crippen molar-refractivity contribution in [3.63, 3.8) is 0 Å². The Hall–Kier alpha value is -1.000. The molecule has 1 heterocycles. The summed E-state index contributed by atoms with van der Waals surface area (Å²) in [5.41, 5.74) is 0.667. The number of ketones is 1. The third-order valence-corrected chi connectivity index (χ3v) is 3.97. The monoisotopic (exact) mass is 310 g/mol. The summed E-state index contributed by atoms with van der Waals surface area (Å²) < 4.78 is 5.86. The van der Waals surface area contributed by atoms with E-state index in [0.29, 0.717) is 5.56 Å². The zero-order chi connectivity index (χ0) is 12.3. The van der Waals surface area contributed by atoms with E-state index in [4.69, 9.17) is 4.74 Å². The second kappa shape index (κ2) is 5.56. The molecule has 1 aromatic carbocycles. The van der Waals surface area contributed by atoms with Gasteiger partial charge in [-0.2, -0.15) is 0 Å². The van der Waals surface area contributed by atoms with Crippen LogP contribution in [0.25, 0.3) is 0 Å². The van der Waals surface area contributed by atoms with Crippen LogP contribution in [0.1, 0.15) is 16.8 Å². The smallest absolute Gasteiger partial charge is 0.200 e. The number of carbonyl (C=O) groups excluding carboxylic acids is 1. The first-order valence-corrected chi connectivity index (χ1v) is 6.79. The molecule has 4 heteroatoms. The van der Waals surface area contributed by atoms with E-state index >= 15 is 0 Å². The largest absolute Gasteiger partial charge is 0.497 e. The number of methoxy groups -OCH3 is 1. The lowest BCUT2D eigenvalue weighted by atomic mass is 10.1. The second-order valence-electron chi connectivity index (χ2n) is 3.47. The number of allylic oxidation sites excluding steroid dienone is 3. The van der Waals surface area contributed by atoms with Gasteiger partial charge in [-0.3, -0.25) is 4.79 Å². The van der Waals surface area contributed by atoms with Crippen LogP contribution in [0.3, 0.4) is 0 Å². The SMILES string of the molecule is COc1ccc(C(=O)C2=CCC=CS2)c(Br)c1. The molecule has 0 fully saturated rings. The molecule has 0 aliphatic carbocycles. The molecule has 0 atom stereocenters. The van der Waals surface area contributed by atoms with Gasteiger partial charge in [0.1, 0.15) is 5.75 Å². The van der Waals surface area contributed by atoms with Crippen LogP contribution in [0.2, 0.25) is 0 Å². The molecule has 0 bridgehead atoms. The molecule has 0 N–H and O–H groups in total. The van der Waals surface area contributed by atoms with Gasteiger partial charge in [-0.25, -0.2) is 0 Å². The van der Waals surface area contributed by atoms with Gasteiger partial charge in [0, 0.05) is 10.0 Å². The zero-order valence-corrected chi connectivity index (χ0v) is 11.7. The maximum atomic E-state index is 12.2. The molecule has 2 nitrogen and oxygen atoms in total. The van der Waals surface area contributed by atoms with Crippen molar-refractivity contribution < 1.29 is 9.53 Å². The van der Waals surface area contributed by atoms with Crippen molar-refractivity contribution in [2.75, 3.05) is 7.11 Å². The first-order valence-electron chi connectivity index (χ1n) is 5.12. The summed E-state index contributed by atoms with van der Waals surface area (Å²) in [6.07, 6.45) is 4.80. The minimum Gasteiger partial charge on any atom is -0.497 e. The van der Waals surface area contributed by atoms with Crippen molar-refractivity contribution in [3.05, 3.63) is 50.7 Å². The van der Waals surface area contributed by atoms with Gasteiger partial charge in [-0.15, -0.1) is 0 Å². The second-order valence-corrected chi connectivity index (χ2v) is 5.27. The lowest BCUT2D eigenvalue weighted by Gasteiger charge is -2.09. The summed E-state index contributed by atoms with van der Waals surface area (Å²) in [6, 6.07) is 5.38. The molecule has 1 aromatic rings. The van der Waals surface area contributed by atoms with Crippen molar-refractivity contribution in [3.8, 4) is 5.75 Å². The Bertz CT molecular complexity index is 506. The van der Waals surface area contributed by atoms with Gasteiger partial charge >= 0.3 is 0 Å². The molecule has 88 valence electrons. The predicted molar refractivity (Wildman–Crippen MR) is 74.5 cm³/mol. The molecule has 0 saturated heterocycles. The molecule has 1 aliphatic heterocycles. The number of Topliss-reactive ketones (excluding diaryl/α,β-unsaturated/α-hetero) is 1. The van der Waals surface area contributed by atoms with E-state index in [-0.39, 0.29) is 5.78 Å². The molecule has 0 amide bonds. The highest BCUT2D eigenvalue weighted by atomic mass is 79.9. The van der Waals surface area contributed by atoms with Gasteiger partial charge in [-0.05, 0) is 46.0 Å². The number of ether oxygens (including phenoxy) is 1. The highest BCUT2D eigenvalue weighted by Crippen LogP contribution is 2.30. The first-order chi connectivity index (χ1) is 8.22. The molecule has 2 rings (SSSR count). The average Bonchev–Trinajstić information content (AvgIpc) is 2.39. The third kappa shape index (κ3) is 2.82. The number of thioether (sulfide) groups is 1. The van der Waals surface area contributed by atoms with Crippen LogP contribution in [0.15, 0.2) is 45.1 Å². The maximum absolute atomic E-state index is 12.2. The Balaban J connectivity index is 2.28. The summed E-state index contributed by atoms with van der Waals surface area (Å²) in [4.78, 5) is 13.0. The lowest BCUT2D eigenvalue weighted by Crippen LogP contribution is -2.02. The highest BCUT2D eigenvalue weighted by Gasteiger charge is 2.16. The van der Waals surface area contributed by atoms with Gasteiger partial charge in [0.25, 0.3) is 0 Å². The normalized spacial score (nSPS) is 14.4. The van der Waals surface area contributed by atoms with Gasteiger partial charge < -0.3 is 4.74 Å². The highest BCUT2D eigenvalue weighted by molar-refractivity contribution is 9.10. The molecule has 1 aliphatic rings. The summed E-state index contributed by atoms with van der Waals surface area (Å²) in [5.74, 6) is 0.785. The number of hydrogen-bond donors (Lipinski definition) is 0. The van der Waals surface area contributed by atoms with Crippen LogP contribution >= 0.6 is 27.7 Å². The average molecular weight is 311 g/mol. The van der Waals surface area contributed by atoms with Crippen LogP contribution in [-0.2, 0) is 0 Å². The van der Waals surface area contributed by atoms with E-state index in [0.717, 1.165) is 21.5 Å². The van der Waals surface area contributed by atoms with Crippen molar-refractivity contribution >= 4 is 33.5 Å². The number of hydrogen-bond acceptors (Lipinski definition) is 3. The van der Waals surface area contributed by atoms with Gasteiger partial charge in [-0.1, -0.05) is 23.9 Å². The molecule has 0 radical (unpaired) electrons. The summed E-state index contributed by atoms with van der Waals surface area (Å²) in [7, 11) is 1.60. The minimum atomic E-state index is 0.0499. The Labute approximate surface area is 113 Å². The van der Waals surface area contributed by atoms with Crippen molar-refractivity contribution in [1.82, 2.24) is 0 Å². The molecular weight excluding hydrogens is 300 g/mol. The van der Waals surface area contributed by atoms with Crippen LogP contribution in [0, 0.1) is 0 Å². The minimum absolute atomic E-state index is 0.0499. The van der Waals surface area contributed by atoms with E-state index in [9.17, 15) is 4.79 Å². The number of halogens is 1. The van der Waals surface area contributed by atoms with Crippen LogP contribution < -0.4 is 4.74 Å². The zero-order valence-electron chi connectivity index (χ0n) is 9.27. The van der Waals surface area contributed by atoms with Crippen molar-refractivity contribution in [2.24, 2.45) is 0 Å². The molecule has 0 spiro atoms. The Kier molecular flexibility index (Phi) is 4.07. The Morgan fingerprint density at radius 3 is 2.88 bits per heavy atom. The van der Waals surface area contributed by atoms with Gasteiger partial charge in [0.15, 0.2) is 5.78 Å². The number of carbonyl (C=O) groups is 1. The number of benzene rings is 1. The van der Waals surface area contributed by atoms with Gasteiger partial charge in [0.05, 0.1) is 12.0 Å². The van der Waals surface area contributed by atoms with E-state index in [1.807, 2.05) is 17.6 Å². The van der Waals surface area contributed by atoms with E-state index in [1.54, 1.807) is 25.3 Å². The molecular formula is C13H11BrO2S. The summed E-state index contributed by atoms with van der Waals surface area (Å²) in [6.45, 7) is 0. The van der Waals surface area contributed by atoms with Crippen molar-refractivity contribution in [1.29, 1.82) is 0 Å². The Morgan fingerprint density at radius 2 is 2.29 bits per heavy atom. The first kappa shape index (κ1) is 12.5. The van der Waals surface area contributed by atoms with Crippen LogP contribution in [-0.4, -0.2) is 12.9 Å². The molecule has 17 heavy (non-hydrogen) atoms. The topological polar surface area (TPSA) is 26.3 Å². The molecule has 0 unspecified atom stereocenters. The fourth-order valence-corrected chi connectivity index (χ4v) is 2.79. The Morgan fingerprint density at radius 1 is 1.47 bits per heavy atom. The molecule has 0 aromatic heterocycles. The van der Waals surface area contributed by atoms with E-state index in [2.05, 4.69) is 15.9 Å². The fraction of sp³-hybridized carbons (Fsp3) is 0.154. The van der Waals surface area contributed by atoms with Gasteiger partial charge in [0.2, 0.25) is 0 Å². The summed E-state index contributed by atoms with van der Waals surface area (Å²) in [5, 5.41) is 1.95. The standard InChI is InChI=1S/C13H11BrO2S/c1-16-9-5-6-10(11(14)8-9)13(15)12-4-2-3-7-17-12/h3-8H,2H2,1H3.